The second-order valence-corrected chi connectivity index (χ2v) is 7.34. The van der Waals surface area contributed by atoms with Crippen LogP contribution in [0.4, 0.5) is 21.7 Å². The quantitative estimate of drug-likeness (QED) is 0.190. The van der Waals surface area contributed by atoms with Gasteiger partial charge in [-0.05, 0) is 30.3 Å². The number of anilines is 3. The Balaban J connectivity index is 1.60. The lowest BCUT2D eigenvalue weighted by molar-refractivity contribution is -0.114. The number of nitrogen functional groups attached to an aromatic ring is 1. The third-order valence-corrected chi connectivity index (χ3v) is 5.25. The van der Waals surface area contributed by atoms with Crippen molar-refractivity contribution in [3.63, 3.8) is 0 Å². The van der Waals surface area contributed by atoms with Crippen LogP contribution in [0.2, 0.25) is 0 Å². The molecule has 0 spiro atoms. The highest BCUT2D eigenvalue weighted by Gasteiger charge is 2.19. The number of nitrogens with one attached hydrogen (secondary N) is 2. The molecule has 2 aromatic carbocycles. The fourth-order valence-electron chi connectivity index (χ4n) is 3.60. The van der Waals surface area contributed by atoms with Gasteiger partial charge in [0.05, 0.1) is 5.52 Å². The molecule has 0 unspecified atom stereocenters. The molecule has 1 amide bonds. The molecule has 10 heteroatoms. The number of nitrogens with two attached hydrogens (primary N) is 1. The predicted molar refractivity (Wildman–Crippen MR) is 130 cm³/mol. The molecule has 0 saturated heterocycles. The Morgan fingerprint density at radius 2 is 2.03 bits per heavy atom. The molecule has 2 heterocycles. The average molecular weight is 459 g/mol. The van der Waals surface area contributed by atoms with Crippen molar-refractivity contribution in [2.75, 3.05) is 29.0 Å². The monoisotopic (exact) mass is 459 g/mol. The van der Waals surface area contributed by atoms with E-state index in [2.05, 4.69) is 21.9 Å². The Labute approximate surface area is 194 Å². The van der Waals surface area contributed by atoms with Crippen molar-refractivity contribution in [3.8, 4) is 5.75 Å². The van der Waals surface area contributed by atoms with E-state index in [4.69, 9.17) is 11.1 Å². The first-order chi connectivity index (χ1) is 16.4. The molecule has 4 rings (SSSR count). The zero-order valence-corrected chi connectivity index (χ0v) is 18.1. The maximum absolute atomic E-state index is 14.0. The predicted octanol–water partition coefficient (Wildman–Crippen LogP) is 3.36. The summed E-state index contributed by atoms with van der Waals surface area (Å²) in [6.07, 6.45) is 4.08. The van der Waals surface area contributed by atoms with Crippen LogP contribution in [0.3, 0.4) is 0 Å². The lowest BCUT2D eigenvalue weighted by atomic mass is 10.2. The number of fused-ring (bicyclic) bond motifs is 1. The normalized spacial score (nSPS) is 10.7. The summed E-state index contributed by atoms with van der Waals surface area (Å²) < 4.78 is 15.4. The van der Waals surface area contributed by atoms with E-state index in [0.717, 1.165) is 6.07 Å². The number of rotatable bonds is 7. The molecule has 0 saturated carbocycles. The van der Waals surface area contributed by atoms with Crippen LogP contribution in [0.1, 0.15) is 5.56 Å². The lowest BCUT2D eigenvalue weighted by Crippen LogP contribution is -2.34. The van der Waals surface area contributed by atoms with Gasteiger partial charge < -0.3 is 25.6 Å². The standard InChI is InChI=1S/C24H22FN7O2/c1-2-20(34)31(16-6-4-3-5-7-16)11-9-28-24-21(22(26)29-14-30-24)23(27)32-10-8-15-12-19(33)17(25)13-18(15)32/h2-8,10,12-14,27,33H,1,9,11H2,(H3,26,28,29,30). The number of aromatic nitrogens is 3. The Kier molecular flexibility index (Phi) is 6.22. The number of phenolic OH excluding ortho intramolecular Hbond substituents is 1. The van der Waals surface area contributed by atoms with E-state index in [1.54, 1.807) is 17.2 Å². The van der Waals surface area contributed by atoms with Gasteiger partial charge in [-0.15, -0.1) is 0 Å². The summed E-state index contributed by atoms with van der Waals surface area (Å²) in [4.78, 5) is 22.1. The Morgan fingerprint density at radius 1 is 1.26 bits per heavy atom. The van der Waals surface area contributed by atoms with Crippen molar-refractivity contribution in [3.05, 3.63) is 85.1 Å². The molecule has 5 N–H and O–H groups in total. The first kappa shape index (κ1) is 22.5. The van der Waals surface area contributed by atoms with Crippen molar-refractivity contribution < 1.29 is 14.3 Å². The highest BCUT2D eigenvalue weighted by molar-refractivity contribution is 6.09. The summed E-state index contributed by atoms with van der Waals surface area (Å²) in [6.45, 7) is 4.15. The van der Waals surface area contributed by atoms with Crippen molar-refractivity contribution in [2.45, 2.75) is 0 Å². The summed E-state index contributed by atoms with van der Waals surface area (Å²) in [5, 5.41) is 22.0. The van der Waals surface area contributed by atoms with Crippen LogP contribution in [0.15, 0.2) is 73.7 Å². The van der Waals surface area contributed by atoms with Gasteiger partial charge in [0.15, 0.2) is 11.6 Å². The zero-order valence-electron chi connectivity index (χ0n) is 18.1. The van der Waals surface area contributed by atoms with Crippen molar-refractivity contribution in [1.82, 2.24) is 14.5 Å². The smallest absolute Gasteiger partial charge is 0.250 e. The van der Waals surface area contributed by atoms with Crippen LogP contribution >= 0.6 is 0 Å². The van der Waals surface area contributed by atoms with Crippen LogP contribution in [0, 0.1) is 11.2 Å². The summed E-state index contributed by atoms with van der Waals surface area (Å²) in [6, 6.07) is 13.2. The third-order valence-electron chi connectivity index (χ3n) is 5.25. The van der Waals surface area contributed by atoms with Gasteiger partial charge in [0.2, 0.25) is 5.91 Å². The van der Waals surface area contributed by atoms with Gasteiger partial charge in [0.25, 0.3) is 0 Å². The number of amides is 1. The molecule has 0 atom stereocenters. The molecular formula is C24H22FN7O2. The lowest BCUT2D eigenvalue weighted by Gasteiger charge is -2.22. The number of hydrogen-bond donors (Lipinski definition) is 4. The second kappa shape index (κ2) is 9.41. The molecule has 172 valence electrons. The van der Waals surface area contributed by atoms with E-state index in [0.29, 0.717) is 29.7 Å². The molecule has 2 aromatic heterocycles. The maximum atomic E-state index is 14.0. The molecule has 9 nitrogen and oxygen atoms in total. The third kappa shape index (κ3) is 4.29. The Bertz CT molecular complexity index is 1390. The Morgan fingerprint density at radius 3 is 2.76 bits per heavy atom. The summed E-state index contributed by atoms with van der Waals surface area (Å²) in [5.41, 5.74) is 7.39. The first-order valence-electron chi connectivity index (χ1n) is 10.3. The minimum Gasteiger partial charge on any atom is -0.505 e. The summed E-state index contributed by atoms with van der Waals surface area (Å²) in [5.74, 6) is -1.26. The van der Waals surface area contributed by atoms with Gasteiger partial charge in [0, 0.05) is 36.4 Å². The average Bonchev–Trinajstić information content (AvgIpc) is 3.24. The number of hydrogen-bond acceptors (Lipinski definition) is 7. The van der Waals surface area contributed by atoms with Gasteiger partial charge in [0.1, 0.15) is 29.4 Å². The largest absolute Gasteiger partial charge is 0.505 e. The Hall–Kier alpha value is -4.73. The summed E-state index contributed by atoms with van der Waals surface area (Å²) in [7, 11) is 0. The van der Waals surface area contributed by atoms with E-state index in [9.17, 15) is 14.3 Å². The topological polar surface area (TPSA) is 133 Å². The highest BCUT2D eigenvalue weighted by atomic mass is 19.1. The first-order valence-corrected chi connectivity index (χ1v) is 10.3. The van der Waals surface area contributed by atoms with E-state index in [1.807, 2.05) is 30.3 Å². The van der Waals surface area contributed by atoms with E-state index < -0.39 is 11.6 Å². The highest BCUT2D eigenvalue weighted by Crippen LogP contribution is 2.27. The molecular weight excluding hydrogens is 437 g/mol. The van der Waals surface area contributed by atoms with E-state index in [-0.39, 0.29) is 28.9 Å². The molecule has 34 heavy (non-hydrogen) atoms. The second-order valence-electron chi connectivity index (χ2n) is 7.34. The van der Waals surface area contributed by atoms with Crippen LogP contribution in [0.25, 0.3) is 10.9 Å². The van der Waals surface area contributed by atoms with Crippen molar-refractivity contribution >= 4 is 40.0 Å². The van der Waals surface area contributed by atoms with Crippen molar-refractivity contribution in [1.29, 1.82) is 5.41 Å². The van der Waals surface area contributed by atoms with E-state index >= 15 is 0 Å². The number of carbonyl (C=O) groups is 1. The number of benzene rings is 2. The number of aromatic hydroxyl groups is 1. The molecule has 0 bridgehead atoms. The molecule has 0 aliphatic heterocycles. The van der Waals surface area contributed by atoms with Gasteiger partial charge in [-0.3, -0.25) is 10.2 Å². The van der Waals surface area contributed by atoms with Gasteiger partial charge >= 0.3 is 0 Å². The molecule has 0 aliphatic rings. The number of halogens is 1. The van der Waals surface area contributed by atoms with Gasteiger partial charge in [-0.2, -0.15) is 0 Å². The number of carbonyl (C=O) groups excluding carboxylic acids is 1. The fraction of sp³-hybridized carbons (Fsp3) is 0.0833. The maximum Gasteiger partial charge on any atom is 0.250 e. The zero-order chi connectivity index (χ0) is 24.2. The number of para-hydroxylation sites is 1. The van der Waals surface area contributed by atoms with Gasteiger partial charge in [-0.25, -0.2) is 14.4 Å². The van der Waals surface area contributed by atoms with Crippen LogP contribution in [0.5, 0.6) is 5.75 Å². The fourth-order valence-corrected chi connectivity index (χ4v) is 3.60. The molecule has 0 aliphatic carbocycles. The van der Waals surface area contributed by atoms with Crippen molar-refractivity contribution in [2.24, 2.45) is 0 Å². The minimum absolute atomic E-state index is 0.0608. The number of phenols is 1. The number of nitrogens with zero attached hydrogens (tertiary/aromatic N) is 4. The molecule has 0 radical (unpaired) electrons. The molecule has 4 aromatic rings. The van der Waals surface area contributed by atoms with E-state index in [1.165, 1.54) is 23.0 Å². The van der Waals surface area contributed by atoms with Gasteiger partial charge in [-0.1, -0.05) is 24.8 Å². The van der Waals surface area contributed by atoms with Crippen LogP contribution < -0.4 is 16.0 Å². The SMILES string of the molecule is C=CC(=O)N(CCNc1ncnc(N)c1C(=N)n1ccc2cc(O)c(F)cc21)c1ccccc1. The minimum atomic E-state index is -0.802. The summed E-state index contributed by atoms with van der Waals surface area (Å²) >= 11 is 0. The molecule has 0 fully saturated rings. The van der Waals surface area contributed by atoms with Crippen LogP contribution in [-0.4, -0.2) is 44.5 Å². The van der Waals surface area contributed by atoms with Crippen LogP contribution in [-0.2, 0) is 4.79 Å².